The number of fused-ring (bicyclic) bond motifs is 1. The van der Waals surface area contributed by atoms with Crippen molar-refractivity contribution >= 4 is 16.7 Å². The Morgan fingerprint density at radius 2 is 1.81 bits per heavy atom. The normalized spacial score (nSPS) is 13.1. The molecule has 0 fully saturated rings. The second-order valence-electron chi connectivity index (χ2n) is 6.53. The van der Waals surface area contributed by atoms with Gasteiger partial charge in [-0.25, -0.2) is 0 Å². The number of nitrogens with two attached hydrogens (primary N) is 1. The minimum Gasteiger partial charge on any atom is -0.349 e. The Kier molecular flexibility index (Phi) is 4.63. The lowest BCUT2D eigenvalue weighted by atomic mass is 9.84. The van der Waals surface area contributed by atoms with Crippen LogP contribution >= 0.6 is 0 Å². The highest BCUT2D eigenvalue weighted by Gasteiger charge is 2.25. The SMILES string of the molecule is CC(C)(C)C(CCN)NC(=O)c1ccc2ccccc2c1. The van der Waals surface area contributed by atoms with E-state index in [-0.39, 0.29) is 17.4 Å². The zero-order valence-corrected chi connectivity index (χ0v) is 13.0. The molecular weight excluding hydrogens is 260 g/mol. The van der Waals surface area contributed by atoms with E-state index in [0.717, 1.165) is 17.2 Å². The number of hydrogen-bond donors (Lipinski definition) is 2. The summed E-state index contributed by atoms with van der Waals surface area (Å²) in [5, 5.41) is 5.34. The van der Waals surface area contributed by atoms with Crippen LogP contribution in [0.2, 0.25) is 0 Å². The largest absolute Gasteiger partial charge is 0.349 e. The van der Waals surface area contributed by atoms with Gasteiger partial charge in [0.1, 0.15) is 0 Å². The van der Waals surface area contributed by atoms with Gasteiger partial charge in [0.05, 0.1) is 0 Å². The van der Waals surface area contributed by atoms with Gasteiger partial charge in [0, 0.05) is 11.6 Å². The van der Waals surface area contributed by atoms with Crippen LogP contribution in [0.25, 0.3) is 10.8 Å². The second-order valence-corrected chi connectivity index (χ2v) is 6.53. The minimum atomic E-state index is -0.0332. The molecule has 0 radical (unpaired) electrons. The molecule has 112 valence electrons. The third-order valence-corrected chi connectivity index (χ3v) is 3.82. The molecule has 1 amide bonds. The molecule has 0 aliphatic heterocycles. The fourth-order valence-corrected chi connectivity index (χ4v) is 2.46. The molecule has 0 bridgehead atoms. The van der Waals surface area contributed by atoms with Crippen molar-refractivity contribution in [3.63, 3.8) is 0 Å². The van der Waals surface area contributed by atoms with Crippen molar-refractivity contribution in [1.82, 2.24) is 5.32 Å². The molecule has 2 rings (SSSR count). The Morgan fingerprint density at radius 3 is 2.43 bits per heavy atom. The van der Waals surface area contributed by atoms with E-state index in [1.54, 1.807) is 0 Å². The van der Waals surface area contributed by atoms with E-state index < -0.39 is 0 Å². The maximum Gasteiger partial charge on any atom is 0.251 e. The molecule has 0 aromatic heterocycles. The van der Waals surface area contributed by atoms with Crippen molar-refractivity contribution in [2.75, 3.05) is 6.54 Å². The standard InChI is InChI=1S/C18H24N2O/c1-18(2,3)16(10-11-19)20-17(21)15-9-8-13-6-4-5-7-14(13)12-15/h4-9,12,16H,10-11,19H2,1-3H3,(H,20,21). The van der Waals surface area contributed by atoms with Crippen LogP contribution in [0.3, 0.4) is 0 Å². The minimum absolute atomic E-state index is 0.00806. The predicted molar refractivity (Wildman–Crippen MR) is 88.3 cm³/mol. The van der Waals surface area contributed by atoms with E-state index in [9.17, 15) is 4.79 Å². The van der Waals surface area contributed by atoms with E-state index in [1.807, 2.05) is 42.5 Å². The topological polar surface area (TPSA) is 55.1 Å². The van der Waals surface area contributed by atoms with E-state index >= 15 is 0 Å². The molecule has 3 heteroatoms. The Morgan fingerprint density at radius 1 is 1.14 bits per heavy atom. The molecule has 0 spiro atoms. The number of carbonyl (C=O) groups is 1. The molecule has 2 aromatic carbocycles. The molecule has 2 aromatic rings. The number of carbonyl (C=O) groups excluding carboxylic acids is 1. The molecule has 3 nitrogen and oxygen atoms in total. The summed E-state index contributed by atoms with van der Waals surface area (Å²) in [6, 6.07) is 13.9. The van der Waals surface area contributed by atoms with Crippen LogP contribution in [-0.2, 0) is 0 Å². The van der Waals surface area contributed by atoms with Crippen LogP contribution in [0, 0.1) is 5.41 Å². The fourth-order valence-electron chi connectivity index (χ4n) is 2.46. The molecule has 1 atom stereocenters. The van der Waals surface area contributed by atoms with Crippen LogP contribution in [0.1, 0.15) is 37.6 Å². The van der Waals surface area contributed by atoms with Gasteiger partial charge in [0.15, 0.2) is 0 Å². The molecule has 0 saturated carbocycles. The summed E-state index contributed by atoms with van der Waals surface area (Å²) in [5.74, 6) is -0.0332. The first kappa shape index (κ1) is 15.5. The fraction of sp³-hybridized carbons (Fsp3) is 0.389. The van der Waals surface area contributed by atoms with Crippen LogP contribution in [0.4, 0.5) is 0 Å². The summed E-state index contributed by atoms with van der Waals surface area (Å²) in [6.45, 7) is 6.93. The summed E-state index contributed by atoms with van der Waals surface area (Å²) in [6.07, 6.45) is 0.781. The molecule has 0 heterocycles. The van der Waals surface area contributed by atoms with Gasteiger partial charge in [-0.3, -0.25) is 4.79 Å². The molecule has 0 aliphatic rings. The summed E-state index contributed by atoms with van der Waals surface area (Å²) < 4.78 is 0. The third kappa shape index (κ3) is 3.82. The smallest absolute Gasteiger partial charge is 0.251 e. The third-order valence-electron chi connectivity index (χ3n) is 3.82. The van der Waals surface area contributed by atoms with E-state index in [2.05, 4.69) is 26.1 Å². The molecule has 0 aliphatic carbocycles. The summed E-state index contributed by atoms with van der Waals surface area (Å²) in [4.78, 5) is 12.5. The van der Waals surface area contributed by atoms with E-state index in [4.69, 9.17) is 5.73 Å². The molecule has 3 N–H and O–H groups in total. The zero-order valence-electron chi connectivity index (χ0n) is 13.0. The first-order valence-corrected chi connectivity index (χ1v) is 7.41. The van der Waals surface area contributed by atoms with Crippen LogP contribution < -0.4 is 11.1 Å². The van der Waals surface area contributed by atoms with Gasteiger partial charge in [-0.1, -0.05) is 51.1 Å². The Balaban J connectivity index is 2.21. The first-order valence-electron chi connectivity index (χ1n) is 7.41. The average Bonchev–Trinajstić information content (AvgIpc) is 2.45. The maximum atomic E-state index is 12.5. The average molecular weight is 284 g/mol. The predicted octanol–water partition coefficient (Wildman–Crippen LogP) is 3.33. The Labute approximate surface area is 126 Å². The number of benzene rings is 2. The number of nitrogens with one attached hydrogen (secondary N) is 1. The van der Waals surface area contributed by atoms with Crippen LogP contribution in [-0.4, -0.2) is 18.5 Å². The quantitative estimate of drug-likeness (QED) is 0.904. The van der Waals surface area contributed by atoms with E-state index in [1.165, 1.54) is 0 Å². The Bertz CT molecular complexity index is 628. The first-order chi connectivity index (χ1) is 9.91. The second kappa shape index (κ2) is 6.27. The van der Waals surface area contributed by atoms with Gasteiger partial charge in [-0.05, 0) is 41.3 Å². The van der Waals surface area contributed by atoms with Crippen molar-refractivity contribution in [1.29, 1.82) is 0 Å². The lowest BCUT2D eigenvalue weighted by Crippen LogP contribution is -2.44. The zero-order chi connectivity index (χ0) is 15.5. The lowest BCUT2D eigenvalue weighted by molar-refractivity contribution is 0.0899. The van der Waals surface area contributed by atoms with Crippen molar-refractivity contribution < 1.29 is 4.79 Å². The van der Waals surface area contributed by atoms with Crippen LogP contribution in [0.5, 0.6) is 0 Å². The van der Waals surface area contributed by atoms with Gasteiger partial charge in [-0.15, -0.1) is 0 Å². The van der Waals surface area contributed by atoms with Gasteiger partial charge in [0.25, 0.3) is 5.91 Å². The van der Waals surface area contributed by atoms with Crippen molar-refractivity contribution in [2.45, 2.75) is 33.2 Å². The maximum absolute atomic E-state index is 12.5. The number of amides is 1. The summed E-state index contributed by atoms with van der Waals surface area (Å²) in [7, 11) is 0. The molecule has 0 saturated heterocycles. The van der Waals surface area contributed by atoms with Crippen LogP contribution in [0.15, 0.2) is 42.5 Å². The van der Waals surface area contributed by atoms with Crippen molar-refractivity contribution in [2.24, 2.45) is 11.1 Å². The number of hydrogen-bond acceptors (Lipinski definition) is 2. The van der Waals surface area contributed by atoms with Crippen molar-refractivity contribution in [3.05, 3.63) is 48.0 Å². The monoisotopic (exact) mass is 284 g/mol. The Hall–Kier alpha value is -1.87. The highest BCUT2D eigenvalue weighted by Crippen LogP contribution is 2.22. The number of rotatable bonds is 4. The molecule has 21 heavy (non-hydrogen) atoms. The van der Waals surface area contributed by atoms with E-state index in [0.29, 0.717) is 12.1 Å². The van der Waals surface area contributed by atoms with Crippen molar-refractivity contribution in [3.8, 4) is 0 Å². The molecule has 1 unspecified atom stereocenters. The highest BCUT2D eigenvalue weighted by atomic mass is 16.1. The highest BCUT2D eigenvalue weighted by molar-refractivity contribution is 5.98. The van der Waals surface area contributed by atoms with Gasteiger partial charge >= 0.3 is 0 Å². The molecular formula is C18H24N2O. The lowest BCUT2D eigenvalue weighted by Gasteiger charge is -2.31. The van der Waals surface area contributed by atoms with Gasteiger partial charge in [0.2, 0.25) is 0 Å². The summed E-state index contributed by atoms with van der Waals surface area (Å²) in [5.41, 5.74) is 6.35. The van der Waals surface area contributed by atoms with Gasteiger partial charge < -0.3 is 11.1 Å². The summed E-state index contributed by atoms with van der Waals surface area (Å²) >= 11 is 0. The van der Waals surface area contributed by atoms with Gasteiger partial charge in [-0.2, -0.15) is 0 Å².